The van der Waals surface area contributed by atoms with Gasteiger partial charge in [0.15, 0.2) is 5.96 Å². The number of benzene rings is 1. The number of rotatable bonds is 6. The molecule has 0 radical (unpaired) electrons. The van der Waals surface area contributed by atoms with E-state index in [9.17, 15) is 0 Å². The van der Waals surface area contributed by atoms with Crippen LogP contribution in [0.2, 0.25) is 5.02 Å². The van der Waals surface area contributed by atoms with E-state index in [0.717, 1.165) is 35.3 Å². The van der Waals surface area contributed by atoms with Gasteiger partial charge in [0.05, 0.1) is 7.11 Å². The minimum absolute atomic E-state index is 0. The zero-order valence-corrected chi connectivity index (χ0v) is 15.6. The van der Waals surface area contributed by atoms with Crippen LogP contribution in [0.5, 0.6) is 5.75 Å². The second kappa shape index (κ2) is 9.35. The van der Waals surface area contributed by atoms with Crippen molar-refractivity contribution in [2.24, 2.45) is 4.99 Å². The normalized spacial score (nSPS) is 14.3. The highest BCUT2D eigenvalue weighted by atomic mass is 127. The number of hydrogen-bond donors (Lipinski definition) is 2. The van der Waals surface area contributed by atoms with Crippen LogP contribution in [0.25, 0.3) is 0 Å². The Kier molecular flexibility index (Phi) is 8.18. The van der Waals surface area contributed by atoms with E-state index in [1.54, 1.807) is 7.11 Å². The summed E-state index contributed by atoms with van der Waals surface area (Å²) in [5.41, 5.74) is 1.10. The Morgan fingerprint density at radius 2 is 2.19 bits per heavy atom. The molecule has 0 atom stereocenters. The summed E-state index contributed by atoms with van der Waals surface area (Å²) >= 11 is 6.22. The van der Waals surface area contributed by atoms with Gasteiger partial charge in [-0.25, -0.2) is 0 Å². The number of ether oxygens (including phenoxy) is 1. The van der Waals surface area contributed by atoms with Gasteiger partial charge in [-0.3, -0.25) is 4.99 Å². The molecule has 1 saturated carbocycles. The summed E-state index contributed by atoms with van der Waals surface area (Å²) in [5, 5.41) is 7.39. The third-order valence-electron chi connectivity index (χ3n) is 3.17. The van der Waals surface area contributed by atoms with Crippen molar-refractivity contribution in [3.8, 4) is 5.75 Å². The first-order valence-electron chi connectivity index (χ1n) is 7.10. The molecule has 0 amide bonds. The smallest absolute Gasteiger partial charge is 0.191 e. The van der Waals surface area contributed by atoms with Gasteiger partial charge in [0.2, 0.25) is 0 Å². The van der Waals surface area contributed by atoms with Crippen LogP contribution in [0.15, 0.2) is 23.2 Å². The fraction of sp³-hybridized carbons (Fsp3) is 0.533. The molecule has 0 bridgehead atoms. The predicted octanol–water partition coefficient (Wildman–Crippen LogP) is 3.23. The standard InChI is InChI=1S/C15H22ClN3O.HI/c1-3-17-15(19-12-5-6-12)18-9-8-11-4-7-13(20-2)10-14(11)16;/h4,7,10,12H,3,5-6,8-9H2,1-2H3,(H2,17,18,19);1H. The van der Waals surface area contributed by atoms with Crippen LogP contribution in [0.1, 0.15) is 25.3 Å². The third kappa shape index (κ3) is 6.30. The van der Waals surface area contributed by atoms with Crippen LogP contribution in [-0.4, -0.2) is 32.2 Å². The zero-order chi connectivity index (χ0) is 14.4. The molecule has 1 fully saturated rings. The molecule has 2 N–H and O–H groups in total. The van der Waals surface area contributed by atoms with E-state index in [-0.39, 0.29) is 24.0 Å². The van der Waals surface area contributed by atoms with Gasteiger partial charge in [0.1, 0.15) is 5.75 Å². The van der Waals surface area contributed by atoms with E-state index in [1.807, 2.05) is 18.2 Å². The molecule has 0 unspecified atom stereocenters. The number of hydrogen-bond acceptors (Lipinski definition) is 2. The number of guanidine groups is 1. The first kappa shape index (κ1) is 18.4. The second-order valence-electron chi connectivity index (χ2n) is 4.89. The summed E-state index contributed by atoms with van der Waals surface area (Å²) in [6.07, 6.45) is 3.31. The zero-order valence-electron chi connectivity index (χ0n) is 12.5. The van der Waals surface area contributed by atoms with Crippen LogP contribution in [-0.2, 0) is 6.42 Å². The minimum Gasteiger partial charge on any atom is -0.497 e. The quantitative estimate of drug-likeness (QED) is 0.419. The average molecular weight is 424 g/mol. The minimum atomic E-state index is 0. The Morgan fingerprint density at radius 3 is 2.76 bits per heavy atom. The Balaban J connectivity index is 0.00000220. The number of aliphatic imine (C=N–C) groups is 1. The Labute approximate surface area is 148 Å². The first-order valence-corrected chi connectivity index (χ1v) is 7.48. The van der Waals surface area contributed by atoms with Crippen molar-refractivity contribution < 1.29 is 4.74 Å². The van der Waals surface area contributed by atoms with Gasteiger partial charge in [0, 0.05) is 24.2 Å². The fourth-order valence-electron chi connectivity index (χ4n) is 1.89. The lowest BCUT2D eigenvalue weighted by molar-refractivity contribution is 0.414. The maximum atomic E-state index is 6.22. The molecule has 1 aromatic carbocycles. The molecule has 2 rings (SSSR count). The van der Waals surface area contributed by atoms with Crippen molar-refractivity contribution in [2.45, 2.75) is 32.2 Å². The van der Waals surface area contributed by atoms with E-state index in [4.69, 9.17) is 16.3 Å². The summed E-state index contributed by atoms with van der Waals surface area (Å²) < 4.78 is 5.14. The molecule has 0 heterocycles. The van der Waals surface area contributed by atoms with Crippen LogP contribution in [0, 0.1) is 0 Å². The van der Waals surface area contributed by atoms with Crippen LogP contribution in [0.3, 0.4) is 0 Å². The molecule has 0 aromatic heterocycles. The van der Waals surface area contributed by atoms with E-state index in [2.05, 4.69) is 22.5 Å². The molecule has 21 heavy (non-hydrogen) atoms. The molecule has 118 valence electrons. The monoisotopic (exact) mass is 423 g/mol. The lowest BCUT2D eigenvalue weighted by Crippen LogP contribution is -2.38. The Bertz CT molecular complexity index is 478. The summed E-state index contributed by atoms with van der Waals surface area (Å²) in [6.45, 7) is 3.67. The largest absolute Gasteiger partial charge is 0.497 e. The van der Waals surface area contributed by atoms with Crippen LogP contribution < -0.4 is 15.4 Å². The maximum absolute atomic E-state index is 6.22. The molecule has 1 aromatic rings. The van der Waals surface area contributed by atoms with E-state index in [0.29, 0.717) is 12.6 Å². The third-order valence-corrected chi connectivity index (χ3v) is 3.53. The van der Waals surface area contributed by atoms with E-state index in [1.165, 1.54) is 12.8 Å². The molecule has 1 aliphatic carbocycles. The summed E-state index contributed by atoms with van der Waals surface area (Å²) in [5.74, 6) is 1.69. The van der Waals surface area contributed by atoms with Crippen LogP contribution in [0.4, 0.5) is 0 Å². The van der Waals surface area contributed by atoms with Gasteiger partial charge in [-0.15, -0.1) is 24.0 Å². The van der Waals surface area contributed by atoms with E-state index < -0.39 is 0 Å². The Hall–Kier alpha value is -0.690. The van der Waals surface area contributed by atoms with Crippen molar-refractivity contribution in [2.75, 3.05) is 20.2 Å². The van der Waals surface area contributed by atoms with Gasteiger partial charge in [0.25, 0.3) is 0 Å². The van der Waals surface area contributed by atoms with Gasteiger partial charge in [-0.05, 0) is 43.9 Å². The highest BCUT2D eigenvalue weighted by Crippen LogP contribution is 2.22. The summed E-state index contributed by atoms with van der Waals surface area (Å²) in [7, 11) is 1.64. The molecule has 6 heteroatoms. The summed E-state index contributed by atoms with van der Waals surface area (Å²) in [4.78, 5) is 4.58. The predicted molar refractivity (Wildman–Crippen MR) is 99.3 cm³/mol. The molecule has 4 nitrogen and oxygen atoms in total. The van der Waals surface area contributed by atoms with Gasteiger partial charge >= 0.3 is 0 Å². The van der Waals surface area contributed by atoms with Gasteiger partial charge in [-0.1, -0.05) is 17.7 Å². The van der Waals surface area contributed by atoms with Crippen molar-refractivity contribution in [3.05, 3.63) is 28.8 Å². The highest BCUT2D eigenvalue weighted by molar-refractivity contribution is 14.0. The number of nitrogens with one attached hydrogen (secondary N) is 2. The fourth-order valence-corrected chi connectivity index (χ4v) is 2.15. The molecule has 0 saturated heterocycles. The Morgan fingerprint density at radius 1 is 1.43 bits per heavy atom. The number of methoxy groups -OCH3 is 1. The lowest BCUT2D eigenvalue weighted by atomic mass is 10.1. The molecule has 0 spiro atoms. The molecule has 1 aliphatic rings. The van der Waals surface area contributed by atoms with Gasteiger partial charge < -0.3 is 15.4 Å². The van der Waals surface area contributed by atoms with E-state index >= 15 is 0 Å². The molecule has 0 aliphatic heterocycles. The number of nitrogens with zero attached hydrogens (tertiary/aromatic N) is 1. The van der Waals surface area contributed by atoms with Crippen molar-refractivity contribution in [3.63, 3.8) is 0 Å². The molecular formula is C15H23ClIN3O. The average Bonchev–Trinajstić information content (AvgIpc) is 3.24. The molecular weight excluding hydrogens is 401 g/mol. The van der Waals surface area contributed by atoms with Crippen LogP contribution >= 0.6 is 35.6 Å². The van der Waals surface area contributed by atoms with Crippen molar-refractivity contribution in [1.82, 2.24) is 10.6 Å². The topological polar surface area (TPSA) is 45.7 Å². The van der Waals surface area contributed by atoms with Gasteiger partial charge in [-0.2, -0.15) is 0 Å². The highest BCUT2D eigenvalue weighted by Gasteiger charge is 2.21. The lowest BCUT2D eigenvalue weighted by Gasteiger charge is -2.10. The van der Waals surface area contributed by atoms with Crippen molar-refractivity contribution in [1.29, 1.82) is 0 Å². The second-order valence-corrected chi connectivity index (χ2v) is 5.29. The SMILES string of the molecule is CCNC(=NCCc1ccc(OC)cc1Cl)NC1CC1.I. The van der Waals surface area contributed by atoms with Crippen molar-refractivity contribution >= 4 is 41.5 Å². The first-order chi connectivity index (χ1) is 9.72. The number of halogens is 2. The maximum Gasteiger partial charge on any atom is 0.191 e. The summed E-state index contributed by atoms with van der Waals surface area (Å²) in [6, 6.07) is 6.38.